The normalized spacial score (nSPS) is 12.6. The van der Waals surface area contributed by atoms with E-state index in [1.165, 1.54) is 14.0 Å². The van der Waals surface area contributed by atoms with Crippen LogP contribution < -0.4 is 5.32 Å². The highest BCUT2D eigenvalue weighted by molar-refractivity contribution is 14.1. The second kappa shape index (κ2) is 6.52. The highest BCUT2D eigenvalue weighted by atomic mass is 127. The molecule has 1 aromatic carbocycles. The summed E-state index contributed by atoms with van der Waals surface area (Å²) in [6.07, 6.45) is 1.08. The number of hydrogen-bond donors (Lipinski definition) is 1. The molecule has 2 rings (SSSR count). The monoisotopic (exact) mass is 357 g/mol. The van der Waals surface area contributed by atoms with Crippen LogP contribution in [0.4, 0.5) is 0 Å². The van der Waals surface area contributed by atoms with Gasteiger partial charge in [0.2, 0.25) is 0 Å². The fourth-order valence-corrected chi connectivity index (χ4v) is 3.23. The molecule has 1 N–H and O–H groups in total. The zero-order valence-electron chi connectivity index (χ0n) is 9.82. The van der Waals surface area contributed by atoms with E-state index in [1.807, 2.05) is 11.3 Å². The van der Waals surface area contributed by atoms with Crippen LogP contribution >= 0.6 is 33.9 Å². The maximum Gasteiger partial charge on any atom is 0.0369 e. The Bertz CT molecular complexity index is 453. The van der Waals surface area contributed by atoms with Crippen LogP contribution in [0.15, 0.2) is 41.8 Å². The number of thiophene rings is 1. The topological polar surface area (TPSA) is 12.0 Å². The van der Waals surface area contributed by atoms with E-state index in [0.29, 0.717) is 6.04 Å². The van der Waals surface area contributed by atoms with Gasteiger partial charge in [-0.3, -0.25) is 0 Å². The summed E-state index contributed by atoms with van der Waals surface area (Å²) in [6.45, 7) is 3.16. The van der Waals surface area contributed by atoms with E-state index in [0.717, 1.165) is 13.0 Å². The number of halogens is 1. The van der Waals surface area contributed by atoms with E-state index in [-0.39, 0.29) is 0 Å². The van der Waals surface area contributed by atoms with Gasteiger partial charge in [-0.2, -0.15) is 0 Å². The van der Waals surface area contributed by atoms with Crippen molar-refractivity contribution in [2.75, 3.05) is 6.54 Å². The van der Waals surface area contributed by atoms with Crippen molar-refractivity contribution in [3.8, 4) is 0 Å². The van der Waals surface area contributed by atoms with Crippen molar-refractivity contribution in [2.45, 2.75) is 19.4 Å². The standard InChI is InChI=1S/C14H16INS/c1-2-16-14(10-13-7-4-8-17-13)11-5-3-6-12(15)9-11/h3-9,14,16H,2,10H2,1H3. The molecule has 0 fully saturated rings. The molecule has 1 unspecified atom stereocenters. The first-order valence-electron chi connectivity index (χ1n) is 5.81. The molecule has 1 aromatic heterocycles. The van der Waals surface area contributed by atoms with Gasteiger partial charge in [0, 0.05) is 20.9 Å². The summed E-state index contributed by atoms with van der Waals surface area (Å²) in [5.41, 5.74) is 1.38. The average Bonchev–Trinajstić information content (AvgIpc) is 2.81. The van der Waals surface area contributed by atoms with Crippen LogP contribution in [0.3, 0.4) is 0 Å². The summed E-state index contributed by atoms with van der Waals surface area (Å²) in [5, 5.41) is 5.71. The summed E-state index contributed by atoms with van der Waals surface area (Å²) in [4.78, 5) is 1.44. The third kappa shape index (κ3) is 3.79. The third-order valence-corrected chi connectivity index (χ3v) is 4.26. The number of nitrogens with one attached hydrogen (secondary N) is 1. The molecule has 3 heteroatoms. The first kappa shape index (κ1) is 13.1. The van der Waals surface area contributed by atoms with Crippen molar-refractivity contribution in [2.24, 2.45) is 0 Å². The van der Waals surface area contributed by atoms with Crippen LogP contribution in [0.1, 0.15) is 23.4 Å². The maximum atomic E-state index is 3.57. The van der Waals surface area contributed by atoms with Crippen LogP contribution in [0.2, 0.25) is 0 Å². The summed E-state index contributed by atoms with van der Waals surface area (Å²) < 4.78 is 1.30. The second-order valence-electron chi connectivity index (χ2n) is 3.95. The minimum Gasteiger partial charge on any atom is -0.310 e. The lowest BCUT2D eigenvalue weighted by Crippen LogP contribution is -2.22. The molecule has 90 valence electrons. The fraction of sp³-hybridized carbons (Fsp3) is 0.286. The molecule has 0 amide bonds. The van der Waals surface area contributed by atoms with Crippen molar-refractivity contribution in [1.82, 2.24) is 5.32 Å². The van der Waals surface area contributed by atoms with Gasteiger partial charge in [0.25, 0.3) is 0 Å². The Balaban J connectivity index is 2.16. The van der Waals surface area contributed by atoms with Crippen LogP contribution in [-0.4, -0.2) is 6.54 Å². The number of benzene rings is 1. The Hall–Kier alpha value is -0.390. The molecule has 0 aliphatic rings. The van der Waals surface area contributed by atoms with Gasteiger partial charge in [-0.15, -0.1) is 11.3 Å². The van der Waals surface area contributed by atoms with Gasteiger partial charge in [0.15, 0.2) is 0 Å². The lowest BCUT2D eigenvalue weighted by Gasteiger charge is -2.18. The van der Waals surface area contributed by atoms with Crippen molar-refractivity contribution in [3.05, 3.63) is 55.8 Å². The van der Waals surface area contributed by atoms with Gasteiger partial charge in [0.1, 0.15) is 0 Å². The predicted molar refractivity (Wildman–Crippen MR) is 83.6 cm³/mol. The van der Waals surface area contributed by atoms with Gasteiger partial charge in [-0.05, 0) is 58.3 Å². The molecule has 0 radical (unpaired) electrons. The molecule has 2 aromatic rings. The smallest absolute Gasteiger partial charge is 0.0369 e. The molecule has 1 heterocycles. The molecule has 0 spiro atoms. The van der Waals surface area contributed by atoms with Crippen molar-refractivity contribution >= 4 is 33.9 Å². The van der Waals surface area contributed by atoms with Crippen LogP contribution in [0.25, 0.3) is 0 Å². The lowest BCUT2D eigenvalue weighted by molar-refractivity contribution is 0.553. The zero-order valence-corrected chi connectivity index (χ0v) is 12.8. The Morgan fingerprint density at radius 3 is 2.82 bits per heavy atom. The molecular formula is C14H16INS. The van der Waals surface area contributed by atoms with Crippen LogP contribution in [0, 0.1) is 3.57 Å². The number of likely N-dealkylation sites (N-methyl/N-ethyl adjacent to an activating group) is 1. The molecular weight excluding hydrogens is 341 g/mol. The highest BCUT2D eigenvalue weighted by Crippen LogP contribution is 2.22. The molecule has 0 saturated heterocycles. The SMILES string of the molecule is CCNC(Cc1cccs1)c1cccc(I)c1. The third-order valence-electron chi connectivity index (χ3n) is 2.69. The van der Waals surface area contributed by atoms with Gasteiger partial charge >= 0.3 is 0 Å². The average molecular weight is 357 g/mol. The maximum absolute atomic E-state index is 3.57. The second-order valence-corrected chi connectivity index (χ2v) is 6.23. The Morgan fingerprint density at radius 2 is 2.18 bits per heavy atom. The van der Waals surface area contributed by atoms with E-state index in [1.54, 1.807) is 0 Å². The zero-order chi connectivity index (χ0) is 12.1. The van der Waals surface area contributed by atoms with Crippen LogP contribution in [-0.2, 0) is 6.42 Å². The van der Waals surface area contributed by atoms with Crippen molar-refractivity contribution < 1.29 is 0 Å². The summed E-state index contributed by atoms with van der Waals surface area (Å²) in [5.74, 6) is 0. The molecule has 17 heavy (non-hydrogen) atoms. The molecule has 1 nitrogen and oxygen atoms in total. The molecule has 0 saturated carbocycles. The summed E-state index contributed by atoms with van der Waals surface area (Å²) >= 11 is 4.21. The predicted octanol–water partition coefficient (Wildman–Crippen LogP) is 4.25. The molecule has 0 aliphatic heterocycles. The van der Waals surface area contributed by atoms with E-state index < -0.39 is 0 Å². The molecule has 1 atom stereocenters. The van der Waals surface area contributed by atoms with Gasteiger partial charge in [-0.1, -0.05) is 25.1 Å². The number of hydrogen-bond acceptors (Lipinski definition) is 2. The van der Waals surface area contributed by atoms with Crippen molar-refractivity contribution in [3.63, 3.8) is 0 Å². The highest BCUT2D eigenvalue weighted by Gasteiger charge is 2.11. The summed E-state index contributed by atoms with van der Waals surface area (Å²) in [6, 6.07) is 13.5. The fourth-order valence-electron chi connectivity index (χ4n) is 1.91. The molecule has 0 bridgehead atoms. The van der Waals surface area contributed by atoms with Crippen LogP contribution in [0.5, 0.6) is 0 Å². The first-order valence-corrected chi connectivity index (χ1v) is 7.76. The first-order chi connectivity index (χ1) is 8.29. The Labute approximate surface area is 120 Å². The largest absolute Gasteiger partial charge is 0.310 e. The molecule has 0 aliphatic carbocycles. The van der Waals surface area contributed by atoms with E-state index >= 15 is 0 Å². The minimum atomic E-state index is 0.424. The quantitative estimate of drug-likeness (QED) is 0.789. The van der Waals surface area contributed by atoms with Crippen molar-refractivity contribution in [1.29, 1.82) is 0 Å². The lowest BCUT2D eigenvalue weighted by atomic mass is 10.0. The van der Waals surface area contributed by atoms with Gasteiger partial charge < -0.3 is 5.32 Å². The minimum absolute atomic E-state index is 0.424. The Kier molecular flexibility index (Phi) is 5.00. The Morgan fingerprint density at radius 1 is 1.29 bits per heavy atom. The van der Waals surface area contributed by atoms with E-state index in [4.69, 9.17) is 0 Å². The number of rotatable bonds is 5. The summed E-state index contributed by atoms with van der Waals surface area (Å²) in [7, 11) is 0. The van der Waals surface area contributed by atoms with Gasteiger partial charge in [-0.25, -0.2) is 0 Å². The van der Waals surface area contributed by atoms with E-state index in [2.05, 4.69) is 76.6 Å². The van der Waals surface area contributed by atoms with Gasteiger partial charge in [0.05, 0.1) is 0 Å². The van der Waals surface area contributed by atoms with E-state index in [9.17, 15) is 0 Å².